The van der Waals surface area contributed by atoms with Gasteiger partial charge in [0.05, 0.1) is 11.4 Å². The second-order valence-corrected chi connectivity index (χ2v) is 10.5. The third kappa shape index (κ3) is 7.13. The first-order valence-corrected chi connectivity index (χ1v) is 13.0. The molecule has 0 saturated carbocycles. The highest BCUT2D eigenvalue weighted by molar-refractivity contribution is 7.12. The number of Topliss-reactive ketones (excluding diaryl/α,β-unsaturated/α-hetero) is 1. The van der Waals surface area contributed by atoms with Crippen LogP contribution in [0.2, 0.25) is 0 Å². The summed E-state index contributed by atoms with van der Waals surface area (Å²) in [5.41, 5.74) is 1.91. The van der Waals surface area contributed by atoms with Gasteiger partial charge in [0, 0.05) is 16.8 Å². The van der Waals surface area contributed by atoms with Crippen molar-refractivity contribution in [3.63, 3.8) is 0 Å². The van der Waals surface area contributed by atoms with Crippen LogP contribution in [0, 0.1) is 6.92 Å². The van der Waals surface area contributed by atoms with E-state index in [1.807, 2.05) is 52.0 Å². The number of hydrogen-bond donors (Lipinski definition) is 2. The highest BCUT2D eigenvalue weighted by atomic mass is 32.1. The zero-order valence-electron chi connectivity index (χ0n) is 21.8. The summed E-state index contributed by atoms with van der Waals surface area (Å²) in [7, 11) is 0. The highest BCUT2D eigenvalue weighted by Crippen LogP contribution is 2.30. The van der Waals surface area contributed by atoms with Crippen LogP contribution in [-0.2, 0) is 9.59 Å². The zero-order chi connectivity index (χ0) is 27.2. The fourth-order valence-electron chi connectivity index (χ4n) is 3.70. The highest BCUT2D eigenvalue weighted by Gasteiger charge is 2.35. The number of rotatable bonds is 10. The van der Waals surface area contributed by atoms with Gasteiger partial charge in [0.15, 0.2) is 5.78 Å². The fraction of sp³-hybridized carbons (Fsp3) is 0.310. The molecule has 2 N–H and O–H groups in total. The third-order valence-electron chi connectivity index (χ3n) is 6.19. The molecule has 0 radical (unpaired) electrons. The predicted molar refractivity (Wildman–Crippen MR) is 147 cm³/mol. The van der Waals surface area contributed by atoms with E-state index in [0.29, 0.717) is 28.1 Å². The standard InChI is InChI=1S/C29H33N3O4S/c1-6-29(4,5)31-28(36)26(21-14-12-19(2)13-15-21)32(23-10-7-9-22(17-23)20(3)33)25(34)18-30-27(35)24-11-8-16-37-24/h7-17,26H,6,18H2,1-5H3,(H,30,35)(H,31,36)/t26-/m1/s1. The maximum absolute atomic E-state index is 13.8. The first-order valence-electron chi connectivity index (χ1n) is 12.2. The van der Waals surface area contributed by atoms with E-state index in [2.05, 4.69) is 10.6 Å². The minimum Gasteiger partial charge on any atom is -0.349 e. The lowest BCUT2D eigenvalue weighted by atomic mass is 9.97. The fourth-order valence-corrected chi connectivity index (χ4v) is 4.34. The Balaban J connectivity index is 2.08. The van der Waals surface area contributed by atoms with Crippen molar-refractivity contribution in [2.24, 2.45) is 0 Å². The Hall–Kier alpha value is -3.78. The Morgan fingerprint density at radius 2 is 1.70 bits per heavy atom. The Morgan fingerprint density at radius 3 is 2.30 bits per heavy atom. The molecule has 3 aromatic rings. The minimum atomic E-state index is -1.03. The van der Waals surface area contributed by atoms with Gasteiger partial charge in [0.2, 0.25) is 11.8 Å². The Bertz CT molecular complexity index is 1270. The van der Waals surface area contributed by atoms with Crippen LogP contribution in [0.1, 0.15) is 71.3 Å². The number of anilines is 1. The summed E-state index contributed by atoms with van der Waals surface area (Å²) < 4.78 is 0. The largest absolute Gasteiger partial charge is 0.349 e. The molecule has 0 spiro atoms. The molecule has 3 rings (SSSR count). The molecule has 0 unspecified atom stereocenters. The average Bonchev–Trinajstić information content (AvgIpc) is 3.41. The van der Waals surface area contributed by atoms with Crippen molar-refractivity contribution in [3.8, 4) is 0 Å². The van der Waals surface area contributed by atoms with Gasteiger partial charge in [-0.05, 0) is 63.3 Å². The molecule has 0 aliphatic carbocycles. The number of benzene rings is 2. The van der Waals surface area contributed by atoms with Crippen LogP contribution in [0.5, 0.6) is 0 Å². The molecule has 1 aromatic heterocycles. The van der Waals surface area contributed by atoms with Crippen molar-refractivity contribution >= 4 is 40.5 Å². The second kappa shape index (κ2) is 12.0. The Morgan fingerprint density at radius 1 is 1.00 bits per heavy atom. The van der Waals surface area contributed by atoms with Crippen molar-refractivity contribution in [1.82, 2.24) is 10.6 Å². The molecule has 0 bridgehead atoms. The molecule has 7 nitrogen and oxygen atoms in total. The predicted octanol–water partition coefficient (Wildman–Crippen LogP) is 5.07. The van der Waals surface area contributed by atoms with Crippen LogP contribution in [0.25, 0.3) is 0 Å². The summed E-state index contributed by atoms with van der Waals surface area (Å²) in [5.74, 6) is -1.38. The Labute approximate surface area is 221 Å². The number of aryl methyl sites for hydroxylation is 1. The quantitative estimate of drug-likeness (QED) is 0.366. The number of ketones is 1. The molecular formula is C29H33N3O4S. The third-order valence-corrected chi connectivity index (χ3v) is 7.06. The van der Waals surface area contributed by atoms with Crippen LogP contribution in [0.3, 0.4) is 0 Å². The second-order valence-electron chi connectivity index (χ2n) is 9.57. The van der Waals surface area contributed by atoms with E-state index >= 15 is 0 Å². The summed E-state index contributed by atoms with van der Waals surface area (Å²) in [6.45, 7) is 8.87. The van der Waals surface area contributed by atoms with E-state index in [9.17, 15) is 19.2 Å². The van der Waals surface area contributed by atoms with Crippen molar-refractivity contribution in [1.29, 1.82) is 0 Å². The number of carbonyl (C=O) groups excluding carboxylic acids is 4. The van der Waals surface area contributed by atoms with Crippen LogP contribution >= 0.6 is 11.3 Å². The molecule has 194 valence electrons. The minimum absolute atomic E-state index is 0.163. The van der Waals surface area contributed by atoms with Crippen LogP contribution in [-0.4, -0.2) is 35.6 Å². The molecule has 8 heteroatoms. The van der Waals surface area contributed by atoms with Gasteiger partial charge in [-0.2, -0.15) is 0 Å². The molecule has 0 aliphatic rings. The number of hydrogen-bond acceptors (Lipinski definition) is 5. The lowest BCUT2D eigenvalue weighted by Gasteiger charge is -2.35. The van der Waals surface area contributed by atoms with Gasteiger partial charge >= 0.3 is 0 Å². The molecule has 0 aliphatic heterocycles. The molecule has 1 heterocycles. The maximum Gasteiger partial charge on any atom is 0.261 e. The molecule has 0 saturated heterocycles. The smallest absolute Gasteiger partial charge is 0.261 e. The summed E-state index contributed by atoms with van der Waals surface area (Å²) in [5, 5.41) is 7.51. The van der Waals surface area contributed by atoms with Gasteiger partial charge in [0.1, 0.15) is 6.04 Å². The molecule has 0 fully saturated rings. The number of nitrogens with one attached hydrogen (secondary N) is 2. The zero-order valence-corrected chi connectivity index (χ0v) is 22.6. The lowest BCUT2D eigenvalue weighted by molar-refractivity contribution is -0.127. The molecular weight excluding hydrogens is 486 g/mol. The van der Waals surface area contributed by atoms with Gasteiger partial charge in [0.25, 0.3) is 5.91 Å². The topological polar surface area (TPSA) is 95.6 Å². The summed E-state index contributed by atoms with van der Waals surface area (Å²) in [6, 6.07) is 16.4. The van der Waals surface area contributed by atoms with E-state index < -0.39 is 17.5 Å². The van der Waals surface area contributed by atoms with Gasteiger partial charge in [-0.25, -0.2) is 0 Å². The van der Waals surface area contributed by atoms with Gasteiger partial charge in [-0.1, -0.05) is 55.0 Å². The summed E-state index contributed by atoms with van der Waals surface area (Å²) in [4.78, 5) is 54.1. The van der Waals surface area contributed by atoms with Crippen molar-refractivity contribution in [2.75, 3.05) is 11.4 Å². The normalized spacial score (nSPS) is 11.9. The van der Waals surface area contributed by atoms with Gasteiger partial charge in [-0.15, -0.1) is 11.3 Å². The van der Waals surface area contributed by atoms with Crippen LogP contribution < -0.4 is 15.5 Å². The van der Waals surface area contributed by atoms with Crippen molar-refractivity contribution in [3.05, 3.63) is 87.6 Å². The SMILES string of the molecule is CCC(C)(C)NC(=O)[C@@H](c1ccc(C)cc1)N(C(=O)CNC(=O)c1cccs1)c1cccc(C(C)=O)c1. The van der Waals surface area contributed by atoms with Crippen LogP contribution in [0.4, 0.5) is 5.69 Å². The van der Waals surface area contributed by atoms with E-state index in [4.69, 9.17) is 0 Å². The number of carbonyl (C=O) groups is 4. The number of thiophene rings is 1. The average molecular weight is 520 g/mol. The maximum atomic E-state index is 13.8. The van der Waals surface area contributed by atoms with E-state index in [1.54, 1.807) is 41.8 Å². The summed E-state index contributed by atoms with van der Waals surface area (Å²) >= 11 is 1.27. The molecule has 2 aromatic carbocycles. The van der Waals surface area contributed by atoms with E-state index in [-0.39, 0.29) is 24.1 Å². The van der Waals surface area contributed by atoms with E-state index in [0.717, 1.165) is 5.56 Å². The van der Waals surface area contributed by atoms with Crippen LogP contribution in [0.15, 0.2) is 66.0 Å². The van der Waals surface area contributed by atoms with Gasteiger partial charge in [-0.3, -0.25) is 24.1 Å². The molecule has 37 heavy (non-hydrogen) atoms. The molecule has 3 amide bonds. The Kier molecular flexibility index (Phi) is 8.99. The van der Waals surface area contributed by atoms with E-state index in [1.165, 1.54) is 23.2 Å². The number of nitrogens with zero attached hydrogens (tertiary/aromatic N) is 1. The first kappa shape index (κ1) is 27.8. The lowest BCUT2D eigenvalue weighted by Crippen LogP contribution is -2.52. The van der Waals surface area contributed by atoms with Gasteiger partial charge < -0.3 is 10.6 Å². The first-order chi connectivity index (χ1) is 17.5. The summed E-state index contributed by atoms with van der Waals surface area (Å²) in [6.07, 6.45) is 0.685. The van der Waals surface area contributed by atoms with Crippen molar-refractivity contribution < 1.29 is 19.2 Å². The molecule has 1 atom stereocenters. The monoisotopic (exact) mass is 519 g/mol. The van der Waals surface area contributed by atoms with Crippen molar-refractivity contribution in [2.45, 2.75) is 52.6 Å². The number of amides is 3.